The fourth-order valence-electron chi connectivity index (χ4n) is 1.96. The first-order valence-corrected chi connectivity index (χ1v) is 7.29. The van der Waals surface area contributed by atoms with Crippen LogP contribution in [-0.4, -0.2) is 24.5 Å². The summed E-state index contributed by atoms with van der Waals surface area (Å²) in [7, 11) is 1.34. The molecular weight excluding hydrogens is 336 g/mol. The molecule has 0 aliphatic heterocycles. The molecule has 0 heterocycles. The molecule has 8 heteroatoms. The Morgan fingerprint density at radius 3 is 2.67 bits per heavy atom. The second kappa shape index (κ2) is 7.65. The highest BCUT2D eigenvalue weighted by atomic mass is 35.5. The Kier molecular flexibility index (Phi) is 5.59. The predicted octanol–water partition coefficient (Wildman–Crippen LogP) is 3.58. The van der Waals surface area contributed by atoms with Gasteiger partial charge in [0, 0.05) is 16.8 Å². The van der Waals surface area contributed by atoms with Gasteiger partial charge >= 0.3 is 5.69 Å². The largest absolute Gasteiger partial charge is 0.490 e. The molecule has 0 aromatic heterocycles. The number of halogens is 1. The third-order valence-corrected chi connectivity index (χ3v) is 3.58. The second-order valence-electron chi connectivity index (χ2n) is 4.89. The number of aryl methyl sites for hydroxylation is 1. The van der Waals surface area contributed by atoms with Gasteiger partial charge in [0.15, 0.2) is 12.4 Å². The zero-order valence-electron chi connectivity index (χ0n) is 13.0. The number of ether oxygens (including phenoxy) is 2. The van der Waals surface area contributed by atoms with Crippen LogP contribution in [0.4, 0.5) is 11.4 Å². The fraction of sp³-hybridized carbons (Fsp3) is 0.188. The Balaban J connectivity index is 2.00. The predicted molar refractivity (Wildman–Crippen MR) is 90.0 cm³/mol. The molecule has 2 rings (SSSR count). The summed E-state index contributed by atoms with van der Waals surface area (Å²) in [6.45, 7) is 1.59. The first-order valence-electron chi connectivity index (χ1n) is 6.92. The smallest absolute Gasteiger partial charge is 0.312 e. The minimum absolute atomic E-state index is 0.117. The molecule has 0 aliphatic carbocycles. The number of benzene rings is 2. The van der Waals surface area contributed by atoms with E-state index in [1.807, 2.05) is 6.92 Å². The third kappa shape index (κ3) is 4.36. The molecule has 1 N–H and O–H groups in total. The Bertz CT molecular complexity index is 779. The number of anilines is 1. The number of carbonyl (C=O) groups excluding carboxylic acids is 1. The molecule has 2 aromatic carbocycles. The molecule has 0 fully saturated rings. The van der Waals surface area contributed by atoms with Gasteiger partial charge in [0.2, 0.25) is 0 Å². The average molecular weight is 351 g/mol. The maximum atomic E-state index is 11.9. The minimum Gasteiger partial charge on any atom is -0.490 e. The second-order valence-corrected chi connectivity index (χ2v) is 5.30. The van der Waals surface area contributed by atoms with Crippen molar-refractivity contribution >= 4 is 28.9 Å². The number of nitrogens with zero attached hydrogens (tertiary/aromatic N) is 1. The van der Waals surface area contributed by atoms with Crippen LogP contribution >= 0.6 is 11.6 Å². The van der Waals surface area contributed by atoms with Crippen molar-refractivity contribution in [2.24, 2.45) is 0 Å². The summed E-state index contributed by atoms with van der Waals surface area (Å²) in [4.78, 5) is 22.3. The van der Waals surface area contributed by atoms with Gasteiger partial charge in [-0.25, -0.2) is 0 Å². The summed E-state index contributed by atoms with van der Waals surface area (Å²) in [6, 6.07) is 9.20. The Morgan fingerprint density at radius 1 is 1.29 bits per heavy atom. The molecule has 0 radical (unpaired) electrons. The van der Waals surface area contributed by atoms with Crippen molar-refractivity contribution in [3.05, 3.63) is 57.1 Å². The number of methoxy groups -OCH3 is 1. The lowest BCUT2D eigenvalue weighted by molar-refractivity contribution is -0.385. The van der Waals surface area contributed by atoms with Crippen molar-refractivity contribution in [3.63, 3.8) is 0 Å². The van der Waals surface area contributed by atoms with Gasteiger partial charge in [0.25, 0.3) is 5.91 Å². The van der Waals surface area contributed by atoms with E-state index in [1.54, 1.807) is 18.2 Å². The maximum absolute atomic E-state index is 11.9. The van der Waals surface area contributed by atoms with Crippen LogP contribution in [0.1, 0.15) is 5.56 Å². The van der Waals surface area contributed by atoms with Crippen LogP contribution in [0.2, 0.25) is 5.02 Å². The summed E-state index contributed by atoms with van der Waals surface area (Å²) >= 11 is 5.92. The quantitative estimate of drug-likeness (QED) is 0.635. The SMILES string of the molecule is COc1ccc(NC(=O)COc2ccc(Cl)c(C)c2)cc1[N+](=O)[O-]. The lowest BCUT2D eigenvalue weighted by Gasteiger charge is -2.09. The number of hydrogen-bond acceptors (Lipinski definition) is 5. The minimum atomic E-state index is -0.582. The number of rotatable bonds is 6. The van der Waals surface area contributed by atoms with E-state index in [1.165, 1.54) is 25.3 Å². The number of nitrogens with one attached hydrogen (secondary N) is 1. The molecule has 0 saturated carbocycles. The van der Waals surface area contributed by atoms with Gasteiger partial charge in [-0.2, -0.15) is 0 Å². The highest BCUT2D eigenvalue weighted by Crippen LogP contribution is 2.29. The number of nitro groups is 1. The van der Waals surface area contributed by atoms with E-state index < -0.39 is 10.8 Å². The molecule has 0 saturated heterocycles. The molecule has 126 valence electrons. The van der Waals surface area contributed by atoms with Gasteiger partial charge in [0.1, 0.15) is 5.75 Å². The molecular formula is C16H15ClN2O5. The summed E-state index contributed by atoms with van der Waals surface area (Å²) in [6.07, 6.45) is 0. The monoisotopic (exact) mass is 350 g/mol. The van der Waals surface area contributed by atoms with Crippen molar-refractivity contribution in [1.82, 2.24) is 0 Å². The fourth-order valence-corrected chi connectivity index (χ4v) is 2.08. The lowest BCUT2D eigenvalue weighted by atomic mass is 10.2. The molecule has 7 nitrogen and oxygen atoms in total. The van der Waals surface area contributed by atoms with Crippen LogP contribution < -0.4 is 14.8 Å². The van der Waals surface area contributed by atoms with Crippen molar-refractivity contribution in [2.75, 3.05) is 19.0 Å². The first-order chi connectivity index (χ1) is 11.4. The van der Waals surface area contributed by atoms with Gasteiger partial charge in [-0.05, 0) is 42.8 Å². The number of amides is 1. The average Bonchev–Trinajstić information content (AvgIpc) is 2.55. The van der Waals surface area contributed by atoms with Crippen molar-refractivity contribution < 1.29 is 19.2 Å². The number of hydrogen-bond donors (Lipinski definition) is 1. The Morgan fingerprint density at radius 2 is 2.04 bits per heavy atom. The van der Waals surface area contributed by atoms with E-state index in [4.69, 9.17) is 21.1 Å². The highest BCUT2D eigenvalue weighted by Gasteiger charge is 2.16. The third-order valence-electron chi connectivity index (χ3n) is 3.16. The molecule has 0 bridgehead atoms. The van der Waals surface area contributed by atoms with Crippen LogP contribution in [-0.2, 0) is 4.79 Å². The van der Waals surface area contributed by atoms with Crippen molar-refractivity contribution in [1.29, 1.82) is 0 Å². The normalized spacial score (nSPS) is 10.1. The Hall–Kier alpha value is -2.80. The topological polar surface area (TPSA) is 90.7 Å². The summed E-state index contributed by atoms with van der Waals surface area (Å²) in [5.74, 6) is 0.181. The van der Waals surface area contributed by atoms with E-state index >= 15 is 0 Å². The summed E-state index contributed by atoms with van der Waals surface area (Å²) < 4.78 is 10.3. The zero-order chi connectivity index (χ0) is 17.7. The number of nitro benzene ring substituents is 1. The van der Waals surface area contributed by atoms with Crippen LogP contribution in [0.5, 0.6) is 11.5 Å². The molecule has 0 spiro atoms. The molecule has 0 atom stereocenters. The molecule has 1 amide bonds. The van der Waals surface area contributed by atoms with Crippen LogP contribution in [0, 0.1) is 17.0 Å². The summed E-state index contributed by atoms with van der Waals surface area (Å²) in [5.41, 5.74) is 0.883. The van der Waals surface area contributed by atoms with Crippen molar-refractivity contribution in [2.45, 2.75) is 6.92 Å². The van der Waals surface area contributed by atoms with Crippen LogP contribution in [0.3, 0.4) is 0 Å². The zero-order valence-corrected chi connectivity index (χ0v) is 13.8. The molecule has 2 aromatic rings. The van der Waals surface area contributed by atoms with Gasteiger partial charge in [-0.3, -0.25) is 14.9 Å². The van der Waals surface area contributed by atoms with Gasteiger partial charge < -0.3 is 14.8 Å². The van der Waals surface area contributed by atoms with Gasteiger partial charge in [-0.1, -0.05) is 11.6 Å². The summed E-state index contributed by atoms with van der Waals surface area (Å²) in [5, 5.41) is 14.1. The highest BCUT2D eigenvalue weighted by molar-refractivity contribution is 6.31. The van der Waals surface area contributed by atoms with E-state index in [-0.39, 0.29) is 23.7 Å². The Labute approximate surface area is 143 Å². The van der Waals surface area contributed by atoms with E-state index in [0.717, 1.165) is 5.56 Å². The van der Waals surface area contributed by atoms with Crippen molar-refractivity contribution in [3.8, 4) is 11.5 Å². The van der Waals surface area contributed by atoms with Crippen LogP contribution in [0.15, 0.2) is 36.4 Å². The number of carbonyl (C=O) groups is 1. The van der Waals surface area contributed by atoms with Gasteiger partial charge in [0.05, 0.1) is 12.0 Å². The lowest BCUT2D eigenvalue weighted by Crippen LogP contribution is -2.20. The van der Waals surface area contributed by atoms with E-state index in [0.29, 0.717) is 10.8 Å². The molecule has 24 heavy (non-hydrogen) atoms. The first kappa shape index (κ1) is 17.6. The maximum Gasteiger partial charge on any atom is 0.312 e. The van der Waals surface area contributed by atoms with Gasteiger partial charge in [-0.15, -0.1) is 0 Å². The van der Waals surface area contributed by atoms with Crippen LogP contribution in [0.25, 0.3) is 0 Å². The van der Waals surface area contributed by atoms with E-state index in [9.17, 15) is 14.9 Å². The molecule has 0 aliphatic rings. The molecule has 0 unspecified atom stereocenters. The van der Waals surface area contributed by atoms with E-state index in [2.05, 4.69) is 5.32 Å². The standard InChI is InChI=1S/C16H15ClN2O5/c1-10-7-12(4-5-13(10)17)24-9-16(20)18-11-3-6-15(23-2)14(8-11)19(21)22/h3-8H,9H2,1-2H3,(H,18,20).